The molecule has 0 unspecified atom stereocenters. The van der Waals surface area contributed by atoms with E-state index in [1.807, 2.05) is 6.92 Å². The van der Waals surface area contributed by atoms with E-state index in [2.05, 4.69) is 0 Å². The number of nitrogens with two attached hydrogens (primary N) is 1. The first kappa shape index (κ1) is 17.2. The van der Waals surface area contributed by atoms with Gasteiger partial charge in [-0.1, -0.05) is 19.8 Å². The Morgan fingerprint density at radius 2 is 1.78 bits per heavy atom. The Hall–Kier alpha value is -0.780. The van der Waals surface area contributed by atoms with Gasteiger partial charge in [-0.3, -0.25) is 4.79 Å². The van der Waals surface area contributed by atoms with Crippen molar-refractivity contribution < 1.29 is 22.7 Å². The lowest BCUT2D eigenvalue weighted by Crippen LogP contribution is -2.48. The van der Waals surface area contributed by atoms with Gasteiger partial charge in [-0.15, -0.1) is 0 Å². The first-order chi connectivity index (χ1) is 7.99. The summed E-state index contributed by atoms with van der Waals surface area (Å²) in [6, 6.07) is -2.17. The Labute approximate surface area is 106 Å². The molecule has 0 amide bonds. The molecule has 3 nitrogen and oxygen atoms in total. The Kier molecular flexibility index (Phi) is 6.13. The minimum absolute atomic E-state index is 0.0894. The summed E-state index contributed by atoms with van der Waals surface area (Å²) in [5.41, 5.74) is 4.32. The van der Waals surface area contributed by atoms with Crippen molar-refractivity contribution in [1.82, 2.24) is 0 Å². The maximum absolute atomic E-state index is 12.6. The van der Waals surface area contributed by atoms with E-state index in [0.717, 1.165) is 0 Å². The number of ether oxygens (including phenoxy) is 1. The molecule has 0 bridgehead atoms. The second kappa shape index (κ2) is 6.41. The molecule has 108 valence electrons. The molecular formula is C12H22F3NO2. The zero-order valence-corrected chi connectivity index (χ0v) is 11.3. The van der Waals surface area contributed by atoms with Crippen LogP contribution in [0.5, 0.6) is 0 Å². The number of carbonyl (C=O) groups is 1. The highest BCUT2D eigenvalue weighted by molar-refractivity contribution is 5.73. The Morgan fingerprint density at radius 1 is 1.28 bits per heavy atom. The van der Waals surface area contributed by atoms with Crippen molar-refractivity contribution in [1.29, 1.82) is 0 Å². The van der Waals surface area contributed by atoms with Crippen molar-refractivity contribution in [2.45, 2.75) is 64.8 Å². The second-order valence-corrected chi connectivity index (χ2v) is 5.35. The summed E-state index contributed by atoms with van der Waals surface area (Å²) in [5.74, 6) is -2.20. The van der Waals surface area contributed by atoms with Gasteiger partial charge in [-0.25, -0.2) is 0 Å². The van der Waals surface area contributed by atoms with Crippen molar-refractivity contribution >= 4 is 5.97 Å². The molecule has 0 aromatic carbocycles. The standard InChI is InChI=1S/C12H22F3NO2/c1-5-6-7-8(9(16)12(13,14)15)10(17)18-11(2,3)4/h8-9H,5-7,16H2,1-4H3/t8-,9-/m1/s1. The van der Waals surface area contributed by atoms with E-state index in [1.165, 1.54) is 0 Å². The fourth-order valence-electron chi connectivity index (χ4n) is 1.47. The van der Waals surface area contributed by atoms with E-state index in [-0.39, 0.29) is 6.42 Å². The molecule has 6 heteroatoms. The van der Waals surface area contributed by atoms with Gasteiger partial charge < -0.3 is 10.5 Å². The van der Waals surface area contributed by atoms with Gasteiger partial charge in [0.2, 0.25) is 0 Å². The van der Waals surface area contributed by atoms with Gasteiger partial charge in [0.1, 0.15) is 11.6 Å². The highest BCUT2D eigenvalue weighted by atomic mass is 19.4. The summed E-state index contributed by atoms with van der Waals surface area (Å²) in [6.07, 6.45) is -3.29. The highest BCUT2D eigenvalue weighted by Crippen LogP contribution is 2.28. The van der Waals surface area contributed by atoms with Gasteiger partial charge in [0.15, 0.2) is 0 Å². The SMILES string of the molecule is CCCC[C@@H](C(=O)OC(C)(C)C)[C@@H](N)C(F)(F)F. The molecule has 0 aliphatic rings. The minimum atomic E-state index is -4.59. The van der Waals surface area contributed by atoms with E-state index in [1.54, 1.807) is 20.8 Å². The van der Waals surface area contributed by atoms with Crippen LogP contribution in [0.1, 0.15) is 47.0 Å². The Morgan fingerprint density at radius 3 is 2.11 bits per heavy atom. The number of unbranched alkanes of at least 4 members (excludes halogenated alkanes) is 1. The molecule has 0 aliphatic carbocycles. The van der Waals surface area contributed by atoms with E-state index in [0.29, 0.717) is 12.8 Å². The lowest BCUT2D eigenvalue weighted by Gasteiger charge is -2.28. The minimum Gasteiger partial charge on any atom is -0.460 e. The molecule has 2 N–H and O–H groups in total. The van der Waals surface area contributed by atoms with Gasteiger partial charge in [0.25, 0.3) is 0 Å². The molecule has 0 aromatic rings. The van der Waals surface area contributed by atoms with Crippen LogP contribution in [0.2, 0.25) is 0 Å². The van der Waals surface area contributed by atoms with Crippen LogP contribution in [0, 0.1) is 5.92 Å². The number of alkyl halides is 3. The number of hydrogen-bond acceptors (Lipinski definition) is 3. The quantitative estimate of drug-likeness (QED) is 0.780. The van der Waals surface area contributed by atoms with E-state index in [9.17, 15) is 18.0 Å². The number of hydrogen-bond donors (Lipinski definition) is 1. The van der Waals surface area contributed by atoms with Crippen LogP contribution in [-0.2, 0) is 9.53 Å². The van der Waals surface area contributed by atoms with E-state index in [4.69, 9.17) is 10.5 Å². The van der Waals surface area contributed by atoms with E-state index >= 15 is 0 Å². The van der Waals surface area contributed by atoms with Gasteiger partial charge in [0.05, 0.1) is 5.92 Å². The van der Waals surface area contributed by atoms with Crippen LogP contribution in [0.15, 0.2) is 0 Å². The maximum Gasteiger partial charge on any atom is 0.404 e. The van der Waals surface area contributed by atoms with Crippen molar-refractivity contribution in [3.63, 3.8) is 0 Å². The molecule has 2 atom stereocenters. The van der Waals surface area contributed by atoms with E-state index < -0.39 is 29.7 Å². The molecular weight excluding hydrogens is 247 g/mol. The zero-order chi connectivity index (χ0) is 14.6. The van der Waals surface area contributed by atoms with Crippen molar-refractivity contribution in [3.05, 3.63) is 0 Å². The number of rotatable bonds is 5. The average Bonchev–Trinajstić information content (AvgIpc) is 2.13. The molecule has 18 heavy (non-hydrogen) atoms. The molecule has 0 spiro atoms. The third-order valence-electron chi connectivity index (χ3n) is 2.39. The first-order valence-electron chi connectivity index (χ1n) is 6.04. The number of esters is 1. The molecule has 0 aliphatic heterocycles. The largest absolute Gasteiger partial charge is 0.460 e. The van der Waals surface area contributed by atoms with Gasteiger partial charge in [0, 0.05) is 0 Å². The van der Waals surface area contributed by atoms with Crippen LogP contribution in [0.3, 0.4) is 0 Å². The summed E-state index contributed by atoms with van der Waals surface area (Å²) in [7, 11) is 0. The predicted octanol–water partition coefficient (Wildman–Crippen LogP) is 3.02. The molecule has 0 saturated heterocycles. The fourth-order valence-corrected chi connectivity index (χ4v) is 1.47. The van der Waals surface area contributed by atoms with Gasteiger partial charge >= 0.3 is 12.1 Å². The lowest BCUT2D eigenvalue weighted by molar-refractivity contribution is -0.183. The molecule has 0 saturated carbocycles. The summed E-state index contributed by atoms with van der Waals surface area (Å²) in [4.78, 5) is 11.8. The Bertz CT molecular complexity index is 271. The fraction of sp³-hybridized carbons (Fsp3) is 0.917. The topological polar surface area (TPSA) is 52.3 Å². The molecule has 0 radical (unpaired) electrons. The third-order valence-corrected chi connectivity index (χ3v) is 2.39. The highest BCUT2D eigenvalue weighted by Gasteiger charge is 2.45. The predicted molar refractivity (Wildman–Crippen MR) is 62.9 cm³/mol. The van der Waals surface area contributed by atoms with Crippen molar-refractivity contribution in [2.75, 3.05) is 0 Å². The second-order valence-electron chi connectivity index (χ2n) is 5.35. The van der Waals surface area contributed by atoms with Crippen LogP contribution in [0.25, 0.3) is 0 Å². The molecule has 0 rings (SSSR count). The summed E-state index contributed by atoms with van der Waals surface area (Å²) in [5, 5.41) is 0. The number of carbonyl (C=O) groups excluding carboxylic acids is 1. The third kappa shape index (κ3) is 6.23. The van der Waals surface area contributed by atoms with Crippen LogP contribution < -0.4 is 5.73 Å². The Balaban J connectivity index is 4.83. The maximum atomic E-state index is 12.6. The van der Waals surface area contributed by atoms with Crippen molar-refractivity contribution in [2.24, 2.45) is 11.7 Å². The summed E-state index contributed by atoms with van der Waals surface area (Å²) in [6.45, 7) is 6.67. The molecule has 0 aromatic heterocycles. The first-order valence-corrected chi connectivity index (χ1v) is 6.04. The van der Waals surface area contributed by atoms with Crippen LogP contribution >= 0.6 is 0 Å². The van der Waals surface area contributed by atoms with Crippen molar-refractivity contribution in [3.8, 4) is 0 Å². The molecule has 0 fully saturated rings. The molecule has 0 heterocycles. The lowest BCUT2D eigenvalue weighted by atomic mass is 9.93. The summed E-state index contributed by atoms with van der Waals surface area (Å²) < 4.78 is 42.8. The zero-order valence-electron chi connectivity index (χ0n) is 11.3. The normalized spacial score (nSPS) is 16.2. The average molecular weight is 269 g/mol. The monoisotopic (exact) mass is 269 g/mol. The van der Waals surface area contributed by atoms with Crippen LogP contribution in [-0.4, -0.2) is 23.8 Å². The number of halogens is 3. The smallest absolute Gasteiger partial charge is 0.404 e. The van der Waals surface area contributed by atoms with Gasteiger partial charge in [-0.05, 0) is 27.2 Å². The van der Waals surface area contributed by atoms with Crippen LogP contribution in [0.4, 0.5) is 13.2 Å². The summed E-state index contributed by atoms with van der Waals surface area (Å²) >= 11 is 0. The van der Waals surface area contributed by atoms with Gasteiger partial charge in [-0.2, -0.15) is 13.2 Å².